The molecular weight excluding hydrogens is 297 g/mol. The van der Waals surface area contributed by atoms with E-state index >= 15 is 0 Å². The molecule has 112 valence electrons. The molecule has 0 aliphatic carbocycles. The lowest BCUT2D eigenvalue weighted by Gasteiger charge is -2.26. The molecule has 0 fully saturated rings. The Morgan fingerprint density at radius 2 is 1.65 bits per heavy atom. The van der Waals surface area contributed by atoms with E-state index in [1.54, 1.807) is 0 Å². The van der Waals surface area contributed by atoms with Gasteiger partial charge < -0.3 is 11.1 Å². The molecule has 1 aromatic carbocycles. The first-order chi connectivity index (χ1) is 8.85. The number of hydrogen-bond acceptors (Lipinski definition) is 4. The molecule has 1 atom stereocenters. The van der Waals surface area contributed by atoms with Crippen LogP contribution >= 0.6 is 0 Å². The highest BCUT2D eigenvalue weighted by Crippen LogP contribution is 2.29. The predicted molar refractivity (Wildman–Crippen MR) is 66.8 cm³/mol. The Labute approximate surface area is 113 Å². The van der Waals surface area contributed by atoms with Crippen LogP contribution in [0.15, 0.2) is 29.2 Å². The third kappa shape index (κ3) is 3.48. The average Bonchev–Trinajstić information content (AvgIpc) is 2.26. The van der Waals surface area contributed by atoms with E-state index in [2.05, 4.69) is 0 Å². The number of sulfone groups is 1. The summed E-state index contributed by atoms with van der Waals surface area (Å²) in [7, 11) is -3.42. The van der Waals surface area contributed by atoms with Crippen LogP contribution in [0.5, 0.6) is 0 Å². The van der Waals surface area contributed by atoms with Crippen LogP contribution in [0.1, 0.15) is 6.92 Å². The molecule has 0 bridgehead atoms. The summed E-state index contributed by atoms with van der Waals surface area (Å²) in [6.45, 7) is 0.549. The van der Waals surface area contributed by atoms with E-state index in [9.17, 15) is 26.4 Å². The zero-order valence-electron chi connectivity index (χ0n) is 10.7. The topological polar surface area (TPSA) is 89.3 Å². The summed E-state index contributed by atoms with van der Waals surface area (Å²) in [6.07, 6.45) is -3.91. The molecule has 0 saturated heterocycles. The highest BCUT2D eigenvalue weighted by molar-refractivity contribution is 7.90. The van der Waals surface area contributed by atoms with Crippen molar-refractivity contribution in [1.29, 1.82) is 0 Å². The van der Waals surface area contributed by atoms with Gasteiger partial charge in [-0.15, -0.1) is 0 Å². The lowest BCUT2D eigenvalue weighted by Crippen LogP contribution is -2.59. The Morgan fingerprint density at radius 1 is 1.20 bits per heavy atom. The number of alkyl halides is 3. The van der Waals surface area contributed by atoms with Gasteiger partial charge in [-0.25, -0.2) is 8.42 Å². The van der Waals surface area contributed by atoms with Crippen molar-refractivity contribution in [3.63, 3.8) is 0 Å². The maximum Gasteiger partial charge on any atom is 0.415 e. The maximum absolute atomic E-state index is 12.5. The maximum atomic E-state index is 12.5. The SMILES string of the molecule is CC(N)(C(=O)Nc1ccc(S(C)(=O)=O)cc1)C(F)(F)F. The molecule has 3 N–H and O–H groups in total. The van der Waals surface area contributed by atoms with E-state index in [4.69, 9.17) is 5.73 Å². The zero-order chi connectivity index (χ0) is 15.8. The molecule has 5 nitrogen and oxygen atoms in total. The Bertz CT molecular complexity index is 607. The van der Waals surface area contributed by atoms with Gasteiger partial charge in [0.15, 0.2) is 15.4 Å². The molecule has 0 radical (unpaired) electrons. The van der Waals surface area contributed by atoms with Crippen molar-refractivity contribution in [3.8, 4) is 0 Å². The fourth-order valence-corrected chi connectivity index (χ4v) is 1.81. The van der Waals surface area contributed by atoms with Crippen molar-refractivity contribution >= 4 is 21.4 Å². The Hall–Kier alpha value is -1.61. The summed E-state index contributed by atoms with van der Waals surface area (Å²) < 4.78 is 60.0. The summed E-state index contributed by atoms with van der Waals surface area (Å²) in [4.78, 5) is 11.5. The molecule has 0 spiro atoms. The molecule has 0 heterocycles. The van der Waals surface area contributed by atoms with Crippen LogP contribution in [0, 0.1) is 0 Å². The molecular formula is C11H13F3N2O3S. The number of nitrogens with two attached hydrogens (primary N) is 1. The van der Waals surface area contributed by atoms with Gasteiger partial charge in [0.1, 0.15) is 0 Å². The van der Waals surface area contributed by atoms with Gasteiger partial charge in [-0.3, -0.25) is 4.79 Å². The van der Waals surface area contributed by atoms with Crippen molar-refractivity contribution in [2.75, 3.05) is 11.6 Å². The Balaban J connectivity index is 2.93. The first kappa shape index (κ1) is 16.4. The van der Waals surface area contributed by atoms with Crippen LogP contribution in [0.25, 0.3) is 0 Å². The van der Waals surface area contributed by atoms with Gasteiger partial charge in [-0.2, -0.15) is 13.2 Å². The third-order valence-corrected chi connectivity index (χ3v) is 3.73. The summed E-state index contributed by atoms with van der Waals surface area (Å²) in [5, 5.41) is 1.99. The molecule has 0 aliphatic rings. The standard InChI is InChI=1S/C11H13F3N2O3S/c1-10(15,11(12,13)14)9(17)16-7-3-5-8(6-4-7)20(2,18)19/h3-6H,15H2,1-2H3,(H,16,17). The molecule has 1 amide bonds. The van der Waals surface area contributed by atoms with Crippen LogP contribution in [-0.4, -0.2) is 32.3 Å². The minimum atomic E-state index is -4.90. The fraction of sp³-hybridized carbons (Fsp3) is 0.364. The summed E-state index contributed by atoms with van der Waals surface area (Å²) in [6, 6.07) is 4.71. The van der Waals surface area contributed by atoms with Crippen molar-refractivity contribution < 1.29 is 26.4 Å². The van der Waals surface area contributed by atoms with E-state index < -0.39 is 27.5 Å². The highest BCUT2D eigenvalue weighted by Gasteiger charge is 2.53. The molecule has 0 saturated carbocycles. The van der Waals surface area contributed by atoms with Gasteiger partial charge in [0.05, 0.1) is 4.90 Å². The number of anilines is 1. The average molecular weight is 310 g/mol. The van der Waals surface area contributed by atoms with Crippen LogP contribution in [0.3, 0.4) is 0 Å². The van der Waals surface area contributed by atoms with Crippen LogP contribution in [0.4, 0.5) is 18.9 Å². The van der Waals surface area contributed by atoms with Crippen LogP contribution < -0.4 is 11.1 Å². The van der Waals surface area contributed by atoms with Crippen LogP contribution in [0.2, 0.25) is 0 Å². The highest BCUT2D eigenvalue weighted by atomic mass is 32.2. The van der Waals surface area contributed by atoms with Gasteiger partial charge in [-0.05, 0) is 31.2 Å². The summed E-state index contributed by atoms with van der Waals surface area (Å²) >= 11 is 0. The number of nitrogens with one attached hydrogen (secondary N) is 1. The number of carbonyl (C=O) groups is 1. The van der Waals surface area contributed by atoms with Gasteiger partial charge >= 0.3 is 6.18 Å². The molecule has 20 heavy (non-hydrogen) atoms. The van der Waals surface area contributed by atoms with Gasteiger partial charge in [0.25, 0.3) is 5.91 Å². The first-order valence-corrected chi connectivity index (χ1v) is 7.22. The van der Waals surface area contributed by atoms with E-state index in [-0.39, 0.29) is 10.6 Å². The normalized spacial score (nSPS) is 15.5. The van der Waals surface area contributed by atoms with E-state index in [1.807, 2.05) is 5.32 Å². The number of amides is 1. The second kappa shape index (κ2) is 5.06. The van der Waals surface area contributed by atoms with E-state index in [0.717, 1.165) is 6.26 Å². The minimum Gasteiger partial charge on any atom is -0.324 e. The molecule has 0 aromatic heterocycles. The quantitative estimate of drug-likeness (QED) is 0.881. The Morgan fingerprint density at radius 3 is 2.00 bits per heavy atom. The third-order valence-electron chi connectivity index (χ3n) is 2.60. The summed E-state index contributed by atoms with van der Waals surface area (Å²) in [5.74, 6) is -1.43. The number of benzene rings is 1. The van der Waals surface area contributed by atoms with Crippen molar-refractivity contribution in [2.45, 2.75) is 23.5 Å². The van der Waals surface area contributed by atoms with Crippen molar-refractivity contribution in [1.82, 2.24) is 0 Å². The summed E-state index contributed by atoms with van der Waals surface area (Å²) in [5.41, 5.74) is 1.93. The fourth-order valence-electron chi connectivity index (χ4n) is 1.18. The van der Waals surface area contributed by atoms with E-state index in [1.165, 1.54) is 24.3 Å². The lowest BCUT2D eigenvalue weighted by molar-refractivity contribution is -0.184. The monoisotopic (exact) mass is 310 g/mol. The second-order valence-electron chi connectivity index (χ2n) is 4.45. The van der Waals surface area contributed by atoms with Crippen LogP contribution in [-0.2, 0) is 14.6 Å². The molecule has 1 unspecified atom stereocenters. The first-order valence-electron chi connectivity index (χ1n) is 5.33. The molecule has 0 aliphatic heterocycles. The van der Waals surface area contributed by atoms with Gasteiger partial charge in [0.2, 0.25) is 0 Å². The van der Waals surface area contributed by atoms with Gasteiger partial charge in [-0.1, -0.05) is 0 Å². The smallest absolute Gasteiger partial charge is 0.324 e. The van der Waals surface area contributed by atoms with Crippen molar-refractivity contribution in [2.24, 2.45) is 5.73 Å². The predicted octanol–water partition coefficient (Wildman–Crippen LogP) is 1.31. The Kier molecular flexibility index (Phi) is 4.16. The second-order valence-corrected chi connectivity index (χ2v) is 6.47. The number of rotatable bonds is 3. The van der Waals surface area contributed by atoms with E-state index in [0.29, 0.717) is 6.92 Å². The number of carbonyl (C=O) groups excluding carboxylic acids is 1. The van der Waals surface area contributed by atoms with Gasteiger partial charge in [0, 0.05) is 11.9 Å². The van der Waals surface area contributed by atoms with Crippen molar-refractivity contribution in [3.05, 3.63) is 24.3 Å². The molecule has 9 heteroatoms. The number of halogens is 3. The zero-order valence-corrected chi connectivity index (χ0v) is 11.5. The number of hydrogen-bond donors (Lipinski definition) is 2. The largest absolute Gasteiger partial charge is 0.415 e. The lowest BCUT2D eigenvalue weighted by atomic mass is 10.0. The molecule has 1 aromatic rings. The molecule has 1 rings (SSSR count). The minimum absolute atomic E-state index is 0.0122.